The van der Waals surface area contributed by atoms with Crippen LogP contribution in [0.4, 0.5) is 0 Å². The van der Waals surface area contributed by atoms with Crippen molar-refractivity contribution in [2.75, 3.05) is 0 Å². The highest BCUT2D eigenvalue weighted by Gasteiger charge is 2.42. The van der Waals surface area contributed by atoms with Gasteiger partial charge in [0.15, 0.2) is 10.8 Å². The van der Waals surface area contributed by atoms with Crippen molar-refractivity contribution in [1.82, 2.24) is 4.98 Å². The number of aryl methyl sites for hydroxylation is 2. The normalized spacial score (nSPS) is 17.2. The molecule has 0 spiro atoms. The molecule has 2 heterocycles. The Bertz CT molecular complexity index is 629. The van der Waals surface area contributed by atoms with Gasteiger partial charge in [0.25, 0.3) is 0 Å². The number of nitriles is 1. The van der Waals surface area contributed by atoms with Crippen molar-refractivity contribution in [3.63, 3.8) is 0 Å². The van der Waals surface area contributed by atoms with Crippen LogP contribution in [0.5, 0.6) is 0 Å². The number of hydrogen-bond donors (Lipinski definition) is 0. The van der Waals surface area contributed by atoms with E-state index >= 15 is 0 Å². The molecule has 0 bridgehead atoms. The van der Waals surface area contributed by atoms with Crippen molar-refractivity contribution in [2.45, 2.75) is 38.5 Å². The number of hydrogen-bond acceptors (Lipinski definition) is 4. The molecular weight excluding hydrogens is 244 g/mol. The summed E-state index contributed by atoms with van der Waals surface area (Å²) >= 11 is 1.61. The maximum atomic E-state index is 9.40. The average molecular weight is 258 g/mol. The molecule has 0 aliphatic heterocycles. The van der Waals surface area contributed by atoms with Crippen molar-refractivity contribution in [2.24, 2.45) is 0 Å². The van der Waals surface area contributed by atoms with Gasteiger partial charge in [-0.25, -0.2) is 4.98 Å². The Hall–Kier alpha value is -1.60. The Labute approximate surface area is 110 Å². The van der Waals surface area contributed by atoms with Crippen LogP contribution < -0.4 is 0 Å². The Balaban J connectivity index is 2.04. The van der Waals surface area contributed by atoms with Gasteiger partial charge in [-0.1, -0.05) is 0 Å². The number of thiazole rings is 1. The van der Waals surface area contributed by atoms with E-state index in [0.717, 1.165) is 46.4 Å². The van der Waals surface area contributed by atoms with Crippen LogP contribution in [0, 0.1) is 25.2 Å². The quantitative estimate of drug-likeness (QED) is 0.819. The molecule has 0 saturated heterocycles. The first kappa shape index (κ1) is 11.5. The second-order valence-electron chi connectivity index (χ2n) is 4.89. The zero-order chi connectivity index (χ0) is 12.8. The van der Waals surface area contributed by atoms with Gasteiger partial charge in [-0.2, -0.15) is 5.26 Å². The lowest BCUT2D eigenvalue weighted by atomic mass is 9.68. The van der Waals surface area contributed by atoms with Crippen LogP contribution in [0.1, 0.15) is 35.6 Å². The van der Waals surface area contributed by atoms with Crippen LogP contribution in [0.15, 0.2) is 16.5 Å². The molecule has 0 atom stereocenters. The van der Waals surface area contributed by atoms with Crippen LogP contribution in [0.2, 0.25) is 0 Å². The van der Waals surface area contributed by atoms with Crippen molar-refractivity contribution in [3.8, 4) is 16.8 Å². The monoisotopic (exact) mass is 258 g/mol. The fourth-order valence-electron chi connectivity index (χ4n) is 2.42. The van der Waals surface area contributed by atoms with Gasteiger partial charge in [-0.15, -0.1) is 11.3 Å². The molecule has 2 aromatic heterocycles. The van der Waals surface area contributed by atoms with E-state index in [9.17, 15) is 5.26 Å². The largest absolute Gasteiger partial charge is 0.459 e. The molecule has 1 aliphatic carbocycles. The standard InChI is InChI=1S/C14H14N2OS/c1-9-4-5-11(17-9)13-16-10(2)12(18-13)14(8-15)6-3-7-14/h4-5H,3,6-7H2,1-2H3. The second kappa shape index (κ2) is 3.96. The van der Waals surface area contributed by atoms with Gasteiger partial charge in [0.1, 0.15) is 5.76 Å². The third-order valence-corrected chi connectivity index (χ3v) is 4.98. The van der Waals surface area contributed by atoms with Crippen molar-refractivity contribution >= 4 is 11.3 Å². The van der Waals surface area contributed by atoms with Gasteiger partial charge < -0.3 is 4.42 Å². The Morgan fingerprint density at radius 3 is 2.67 bits per heavy atom. The number of rotatable bonds is 2. The van der Waals surface area contributed by atoms with E-state index in [2.05, 4.69) is 11.1 Å². The number of aromatic nitrogens is 1. The average Bonchev–Trinajstić information content (AvgIpc) is 2.86. The van der Waals surface area contributed by atoms with E-state index in [0.29, 0.717) is 0 Å². The lowest BCUT2D eigenvalue weighted by Crippen LogP contribution is -2.31. The maximum absolute atomic E-state index is 9.40. The highest BCUT2D eigenvalue weighted by Crippen LogP contribution is 2.48. The third kappa shape index (κ3) is 1.58. The Morgan fingerprint density at radius 2 is 2.17 bits per heavy atom. The van der Waals surface area contributed by atoms with Crippen LogP contribution in [-0.2, 0) is 5.41 Å². The molecule has 18 heavy (non-hydrogen) atoms. The fraction of sp³-hybridized carbons (Fsp3) is 0.429. The summed E-state index contributed by atoms with van der Waals surface area (Å²) in [6, 6.07) is 6.36. The molecule has 1 saturated carbocycles. The summed E-state index contributed by atoms with van der Waals surface area (Å²) in [5.41, 5.74) is 0.701. The van der Waals surface area contributed by atoms with Crippen LogP contribution in [0.3, 0.4) is 0 Å². The number of nitrogens with zero attached hydrogens (tertiary/aromatic N) is 2. The summed E-state index contributed by atoms with van der Waals surface area (Å²) in [5, 5.41) is 10.3. The molecule has 1 aliphatic rings. The second-order valence-corrected chi connectivity index (χ2v) is 5.89. The van der Waals surface area contributed by atoms with E-state index in [4.69, 9.17) is 4.42 Å². The minimum atomic E-state index is -0.276. The Kier molecular flexibility index (Phi) is 2.53. The molecule has 0 N–H and O–H groups in total. The predicted octanol–water partition coefficient (Wildman–Crippen LogP) is 3.97. The van der Waals surface area contributed by atoms with Crippen LogP contribution >= 0.6 is 11.3 Å². The lowest BCUT2D eigenvalue weighted by molar-refractivity contribution is 0.328. The SMILES string of the molecule is Cc1ccc(-c2nc(C)c(C3(C#N)CCC3)s2)o1. The summed E-state index contributed by atoms with van der Waals surface area (Å²) in [4.78, 5) is 5.69. The Morgan fingerprint density at radius 1 is 1.39 bits per heavy atom. The van der Waals surface area contributed by atoms with E-state index in [1.54, 1.807) is 11.3 Å². The molecule has 3 nitrogen and oxygen atoms in total. The van der Waals surface area contributed by atoms with E-state index in [-0.39, 0.29) is 5.41 Å². The molecular formula is C14H14N2OS. The molecule has 92 valence electrons. The molecule has 3 rings (SSSR count). The van der Waals surface area contributed by atoms with Gasteiger partial charge in [0.2, 0.25) is 0 Å². The van der Waals surface area contributed by atoms with Crippen LogP contribution in [-0.4, -0.2) is 4.98 Å². The first-order valence-corrected chi connectivity index (χ1v) is 6.92. The zero-order valence-corrected chi connectivity index (χ0v) is 11.3. The van der Waals surface area contributed by atoms with E-state index in [1.165, 1.54) is 0 Å². The zero-order valence-electron chi connectivity index (χ0n) is 10.5. The third-order valence-electron chi connectivity index (χ3n) is 3.60. The summed E-state index contributed by atoms with van der Waals surface area (Å²) in [6.07, 6.45) is 3.06. The van der Waals surface area contributed by atoms with E-state index in [1.807, 2.05) is 26.0 Å². The minimum absolute atomic E-state index is 0.276. The van der Waals surface area contributed by atoms with Gasteiger partial charge in [-0.3, -0.25) is 0 Å². The van der Waals surface area contributed by atoms with Gasteiger partial charge in [0.05, 0.1) is 17.2 Å². The molecule has 0 aromatic carbocycles. The lowest BCUT2D eigenvalue weighted by Gasteiger charge is -2.34. The van der Waals surface area contributed by atoms with Crippen LogP contribution in [0.25, 0.3) is 10.8 Å². The first-order valence-electron chi connectivity index (χ1n) is 6.11. The van der Waals surface area contributed by atoms with Crippen molar-refractivity contribution < 1.29 is 4.42 Å². The summed E-state index contributed by atoms with van der Waals surface area (Å²) in [6.45, 7) is 3.91. The molecule has 4 heteroatoms. The smallest absolute Gasteiger partial charge is 0.162 e. The topological polar surface area (TPSA) is 49.8 Å². The van der Waals surface area contributed by atoms with Crippen molar-refractivity contribution in [1.29, 1.82) is 5.26 Å². The highest BCUT2D eigenvalue weighted by atomic mass is 32.1. The minimum Gasteiger partial charge on any atom is -0.459 e. The molecule has 0 amide bonds. The van der Waals surface area contributed by atoms with Crippen molar-refractivity contribution in [3.05, 3.63) is 28.5 Å². The molecule has 1 fully saturated rings. The molecule has 0 radical (unpaired) electrons. The summed E-state index contributed by atoms with van der Waals surface area (Å²) < 4.78 is 5.60. The fourth-order valence-corrected chi connectivity index (χ4v) is 3.64. The van der Waals surface area contributed by atoms with E-state index < -0.39 is 0 Å². The molecule has 0 unspecified atom stereocenters. The van der Waals surface area contributed by atoms with Gasteiger partial charge in [0, 0.05) is 4.88 Å². The predicted molar refractivity (Wildman–Crippen MR) is 70.4 cm³/mol. The highest BCUT2D eigenvalue weighted by molar-refractivity contribution is 7.15. The summed E-state index contributed by atoms with van der Waals surface area (Å²) in [7, 11) is 0. The molecule has 2 aromatic rings. The number of furan rings is 1. The maximum Gasteiger partial charge on any atom is 0.162 e. The first-order chi connectivity index (χ1) is 8.64. The summed E-state index contributed by atoms with van der Waals surface area (Å²) in [5.74, 6) is 1.69. The van der Waals surface area contributed by atoms with Gasteiger partial charge in [-0.05, 0) is 45.2 Å². The van der Waals surface area contributed by atoms with Gasteiger partial charge >= 0.3 is 0 Å².